The highest BCUT2D eigenvalue weighted by molar-refractivity contribution is 6.05. The molecule has 2 N–H and O–H groups in total. The van der Waals surface area contributed by atoms with E-state index < -0.39 is 5.91 Å². The first-order valence-electron chi connectivity index (χ1n) is 7.88. The highest BCUT2D eigenvalue weighted by Crippen LogP contribution is 2.06. The number of benzene rings is 1. The van der Waals surface area contributed by atoms with Crippen molar-refractivity contribution in [2.45, 2.75) is 13.0 Å². The Morgan fingerprint density at radius 2 is 1.96 bits per heavy atom. The number of nitrogens with zero attached hydrogens (tertiary/aromatic N) is 1. The van der Waals surface area contributed by atoms with Crippen molar-refractivity contribution in [1.82, 2.24) is 15.6 Å². The lowest BCUT2D eigenvalue weighted by atomic mass is 10.2. The molecule has 1 atom stereocenters. The van der Waals surface area contributed by atoms with E-state index in [9.17, 15) is 9.59 Å². The molecule has 0 aliphatic heterocycles. The minimum Gasteiger partial charge on any atom is -0.383 e. The Kier molecular flexibility index (Phi) is 6.86. The number of hydrogen-bond donors (Lipinski definition) is 2. The average Bonchev–Trinajstić information content (AvgIpc) is 2.63. The molecule has 0 saturated heterocycles. The zero-order valence-electron chi connectivity index (χ0n) is 14.2. The number of carbonyl (C=O) groups is 2. The van der Waals surface area contributed by atoms with E-state index >= 15 is 0 Å². The molecule has 2 amide bonds. The summed E-state index contributed by atoms with van der Waals surface area (Å²) in [4.78, 5) is 28.9. The Hall–Kier alpha value is -2.99. The summed E-state index contributed by atoms with van der Waals surface area (Å²) in [5, 5.41) is 5.46. The molecule has 2 rings (SSSR count). The topological polar surface area (TPSA) is 80.3 Å². The normalized spacial score (nSPS) is 12.3. The molecule has 2 aromatic rings. The molecule has 0 fully saturated rings. The molecule has 0 aliphatic rings. The summed E-state index contributed by atoms with van der Waals surface area (Å²) in [6, 6.07) is 12.1. The molecule has 1 aromatic carbocycles. The number of methoxy groups -OCH3 is 1. The lowest BCUT2D eigenvalue weighted by Gasteiger charge is -2.15. The molecular formula is C19H21N3O3. The fraction of sp³-hybridized carbons (Fsp3) is 0.211. The van der Waals surface area contributed by atoms with Crippen LogP contribution in [-0.4, -0.2) is 36.6 Å². The summed E-state index contributed by atoms with van der Waals surface area (Å²) in [5.74, 6) is -0.747. The van der Waals surface area contributed by atoms with Crippen molar-refractivity contribution < 1.29 is 14.3 Å². The van der Waals surface area contributed by atoms with Gasteiger partial charge in [-0.25, -0.2) is 0 Å². The van der Waals surface area contributed by atoms with Crippen LogP contribution in [0.4, 0.5) is 0 Å². The van der Waals surface area contributed by atoms with E-state index in [1.807, 2.05) is 13.0 Å². The molecule has 25 heavy (non-hydrogen) atoms. The van der Waals surface area contributed by atoms with E-state index in [4.69, 9.17) is 4.74 Å². The Morgan fingerprint density at radius 1 is 1.20 bits per heavy atom. The van der Waals surface area contributed by atoms with Gasteiger partial charge in [0.05, 0.1) is 6.61 Å². The van der Waals surface area contributed by atoms with Crippen LogP contribution in [0.3, 0.4) is 0 Å². The van der Waals surface area contributed by atoms with Gasteiger partial charge in [-0.3, -0.25) is 14.6 Å². The molecular weight excluding hydrogens is 318 g/mol. The standard InChI is InChI=1S/C19H21N3O3/c1-14(13-25-2)21-19(24)17(11-15-7-6-10-20-12-15)22-18(23)16-8-4-3-5-9-16/h3-12,14H,13H2,1-2H3,(H,21,24)(H,22,23)/b17-11+. The average molecular weight is 339 g/mol. The molecule has 0 spiro atoms. The van der Waals surface area contributed by atoms with Gasteiger partial charge in [0.25, 0.3) is 11.8 Å². The van der Waals surface area contributed by atoms with Gasteiger partial charge in [0.1, 0.15) is 5.70 Å². The quantitative estimate of drug-likeness (QED) is 0.756. The number of rotatable bonds is 7. The summed E-state index contributed by atoms with van der Waals surface area (Å²) < 4.78 is 5.02. The molecule has 0 saturated carbocycles. The van der Waals surface area contributed by atoms with Gasteiger partial charge in [-0.15, -0.1) is 0 Å². The summed E-state index contributed by atoms with van der Waals surface area (Å²) >= 11 is 0. The van der Waals surface area contributed by atoms with Crippen LogP contribution >= 0.6 is 0 Å². The van der Waals surface area contributed by atoms with E-state index in [1.54, 1.807) is 62.0 Å². The van der Waals surface area contributed by atoms with Gasteiger partial charge in [0.15, 0.2) is 0 Å². The van der Waals surface area contributed by atoms with E-state index in [1.165, 1.54) is 0 Å². The second-order valence-corrected chi connectivity index (χ2v) is 5.49. The molecule has 1 unspecified atom stereocenters. The number of pyridine rings is 1. The van der Waals surface area contributed by atoms with Gasteiger partial charge in [-0.05, 0) is 36.8 Å². The van der Waals surface area contributed by atoms with Crippen molar-refractivity contribution in [1.29, 1.82) is 0 Å². The number of amides is 2. The molecule has 0 bridgehead atoms. The lowest BCUT2D eigenvalue weighted by molar-refractivity contribution is -0.118. The Bertz CT molecular complexity index is 730. The van der Waals surface area contributed by atoms with Crippen LogP contribution in [0, 0.1) is 0 Å². The zero-order valence-corrected chi connectivity index (χ0v) is 14.2. The first-order valence-corrected chi connectivity index (χ1v) is 7.88. The third-order valence-electron chi connectivity index (χ3n) is 3.32. The Morgan fingerprint density at radius 3 is 2.60 bits per heavy atom. The number of ether oxygens (including phenoxy) is 1. The number of carbonyl (C=O) groups excluding carboxylic acids is 2. The maximum atomic E-state index is 12.5. The van der Waals surface area contributed by atoms with E-state index in [2.05, 4.69) is 15.6 Å². The van der Waals surface area contributed by atoms with Crippen LogP contribution < -0.4 is 10.6 Å². The maximum Gasteiger partial charge on any atom is 0.268 e. The zero-order chi connectivity index (χ0) is 18.1. The SMILES string of the molecule is COCC(C)NC(=O)/C(=C\c1cccnc1)NC(=O)c1ccccc1. The van der Waals surface area contributed by atoms with E-state index in [-0.39, 0.29) is 17.6 Å². The van der Waals surface area contributed by atoms with Gasteiger partial charge < -0.3 is 15.4 Å². The predicted octanol–water partition coefficient (Wildman–Crippen LogP) is 2.00. The van der Waals surface area contributed by atoms with Crippen molar-refractivity contribution in [3.63, 3.8) is 0 Å². The minimum atomic E-state index is -0.391. The highest BCUT2D eigenvalue weighted by atomic mass is 16.5. The third kappa shape index (κ3) is 5.86. The molecule has 6 nitrogen and oxygen atoms in total. The van der Waals surface area contributed by atoms with Gasteiger partial charge in [-0.2, -0.15) is 0 Å². The smallest absolute Gasteiger partial charge is 0.268 e. The van der Waals surface area contributed by atoms with Crippen molar-refractivity contribution in [2.75, 3.05) is 13.7 Å². The Labute approximate surface area is 146 Å². The van der Waals surface area contributed by atoms with Crippen LogP contribution in [0.2, 0.25) is 0 Å². The number of nitrogens with one attached hydrogen (secondary N) is 2. The highest BCUT2D eigenvalue weighted by Gasteiger charge is 2.16. The maximum absolute atomic E-state index is 12.5. The molecule has 1 aromatic heterocycles. The molecule has 130 valence electrons. The largest absolute Gasteiger partial charge is 0.383 e. The minimum absolute atomic E-state index is 0.143. The third-order valence-corrected chi connectivity index (χ3v) is 3.32. The summed E-state index contributed by atoms with van der Waals surface area (Å²) in [6.45, 7) is 2.20. The van der Waals surface area contributed by atoms with Crippen molar-refractivity contribution >= 4 is 17.9 Å². The monoisotopic (exact) mass is 339 g/mol. The van der Waals surface area contributed by atoms with E-state index in [0.717, 1.165) is 0 Å². The fourth-order valence-corrected chi connectivity index (χ4v) is 2.16. The van der Waals surface area contributed by atoms with Gasteiger partial charge in [0, 0.05) is 31.1 Å². The first kappa shape index (κ1) is 18.4. The molecule has 6 heteroatoms. The van der Waals surface area contributed by atoms with Crippen LogP contribution in [0.1, 0.15) is 22.8 Å². The van der Waals surface area contributed by atoms with Gasteiger partial charge in [-0.1, -0.05) is 24.3 Å². The fourth-order valence-electron chi connectivity index (χ4n) is 2.16. The Balaban J connectivity index is 2.21. The van der Waals surface area contributed by atoms with Gasteiger partial charge in [0.2, 0.25) is 0 Å². The summed E-state index contributed by atoms with van der Waals surface area (Å²) in [7, 11) is 1.56. The lowest BCUT2D eigenvalue weighted by Crippen LogP contribution is -2.41. The summed E-state index contributed by atoms with van der Waals surface area (Å²) in [6.07, 6.45) is 4.84. The first-order chi connectivity index (χ1) is 12.1. The van der Waals surface area contributed by atoms with Crippen molar-refractivity contribution in [3.05, 3.63) is 71.7 Å². The predicted molar refractivity (Wildman–Crippen MR) is 95.6 cm³/mol. The van der Waals surface area contributed by atoms with Crippen LogP contribution in [0.5, 0.6) is 0 Å². The second kappa shape index (κ2) is 9.34. The van der Waals surface area contributed by atoms with E-state index in [0.29, 0.717) is 17.7 Å². The summed E-state index contributed by atoms with van der Waals surface area (Å²) in [5.41, 5.74) is 1.32. The molecule has 1 heterocycles. The van der Waals surface area contributed by atoms with Crippen LogP contribution in [0.25, 0.3) is 6.08 Å². The van der Waals surface area contributed by atoms with Crippen molar-refractivity contribution in [3.8, 4) is 0 Å². The molecule has 0 aliphatic carbocycles. The van der Waals surface area contributed by atoms with Crippen LogP contribution in [-0.2, 0) is 9.53 Å². The number of hydrogen-bond acceptors (Lipinski definition) is 4. The van der Waals surface area contributed by atoms with Crippen LogP contribution in [0.15, 0.2) is 60.6 Å². The second-order valence-electron chi connectivity index (χ2n) is 5.49. The van der Waals surface area contributed by atoms with Gasteiger partial charge >= 0.3 is 0 Å². The van der Waals surface area contributed by atoms with Crippen molar-refractivity contribution in [2.24, 2.45) is 0 Å². The molecule has 0 radical (unpaired) electrons. The number of aromatic nitrogens is 1.